The standard InChI is InChI=1S/C9H10N4/c1-2-4-12-13-8(3-1)7-9-10-5-6-11-9/h1-6,13H,7H2,(H,10,11). The fourth-order valence-electron chi connectivity index (χ4n) is 1.10. The lowest BCUT2D eigenvalue weighted by molar-refractivity contribution is 0.826. The van der Waals surface area contributed by atoms with Crippen molar-refractivity contribution in [2.24, 2.45) is 5.10 Å². The number of nitrogens with one attached hydrogen (secondary N) is 2. The molecule has 13 heavy (non-hydrogen) atoms. The predicted octanol–water partition coefficient (Wildman–Crippen LogP) is 0.981. The Kier molecular flexibility index (Phi) is 2.22. The van der Waals surface area contributed by atoms with Gasteiger partial charge in [0.05, 0.1) is 0 Å². The summed E-state index contributed by atoms with van der Waals surface area (Å²) in [5, 5.41) is 3.96. The molecular formula is C9H10N4. The molecule has 0 aliphatic carbocycles. The topological polar surface area (TPSA) is 53.1 Å². The molecule has 0 aromatic carbocycles. The van der Waals surface area contributed by atoms with Gasteiger partial charge in [0, 0.05) is 30.7 Å². The molecule has 4 heteroatoms. The maximum atomic E-state index is 4.13. The SMILES string of the molecule is C1=CC=C(Cc2ncc[nH]2)NN=C1. The number of aromatic amines is 1. The van der Waals surface area contributed by atoms with Crippen molar-refractivity contribution in [2.45, 2.75) is 6.42 Å². The molecule has 0 radical (unpaired) electrons. The molecule has 0 unspecified atom stereocenters. The van der Waals surface area contributed by atoms with E-state index in [1.54, 1.807) is 12.4 Å². The fraction of sp³-hybridized carbons (Fsp3) is 0.111. The summed E-state index contributed by atoms with van der Waals surface area (Å²) in [7, 11) is 0. The summed E-state index contributed by atoms with van der Waals surface area (Å²) in [5.41, 5.74) is 3.96. The monoisotopic (exact) mass is 174 g/mol. The average Bonchev–Trinajstić information content (AvgIpc) is 2.49. The third kappa shape index (κ3) is 2.05. The molecule has 66 valence electrons. The van der Waals surface area contributed by atoms with E-state index in [1.165, 1.54) is 0 Å². The van der Waals surface area contributed by atoms with Crippen LogP contribution in [0.25, 0.3) is 0 Å². The summed E-state index contributed by atoms with van der Waals surface area (Å²) >= 11 is 0. The van der Waals surface area contributed by atoms with Crippen LogP contribution in [0.3, 0.4) is 0 Å². The van der Waals surface area contributed by atoms with Crippen LogP contribution in [0, 0.1) is 0 Å². The van der Waals surface area contributed by atoms with Crippen LogP contribution in [0.1, 0.15) is 5.82 Å². The summed E-state index contributed by atoms with van der Waals surface area (Å²) in [6.45, 7) is 0. The van der Waals surface area contributed by atoms with Gasteiger partial charge in [-0.05, 0) is 12.2 Å². The fourth-order valence-corrected chi connectivity index (χ4v) is 1.10. The second kappa shape index (κ2) is 3.71. The number of allylic oxidation sites excluding steroid dienone is 4. The first-order valence-corrected chi connectivity index (χ1v) is 4.08. The molecule has 1 aromatic rings. The molecular weight excluding hydrogens is 164 g/mol. The highest BCUT2D eigenvalue weighted by Crippen LogP contribution is 2.01. The molecule has 0 saturated carbocycles. The Labute approximate surface area is 76.1 Å². The third-order valence-electron chi connectivity index (χ3n) is 1.69. The molecule has 2 heterocycles. The second-order valence-electron chi connectivity index (χ2n) is 2.68. The Morgan fingerprint density at radius 3 is 3.15 bits per heavy atom. The summed E-state index contributed by atoms with van der Waals surface area (Å²) in [4.78, 5) is 7.17. The van der Waals surface area contributed by atoms with Crippen molar-refractivity contribution in [3.8, 4) is 0 Å². The van der Waals surface area contributed by atoms with Gasteiger partial charge in [-0.3, -0.25) is 5.43 Å². The van der Waals surface area contributed by atoms with Crippen LogP contribution in [0.4, 0.5) is 0 Å². The Morgan fingerprint density at radius 2 is 2.31 bits per heavy atom. The lowest BCUT2D eigenvalue weighted by Gasteiger charge is -2.01. The van der Waals surface area contributed by atoms with Crippen molar-refractivity contribution in [2.75, 3.05) is 0 Å². The normalized spacial score (nSPS) is 14.9. The van der Waals surface area contributed by atoms with Crippen LogP contribution < -0.4 is 5.43 Å². The average molecular weight is 174 g/mol. The van der Waals surface area contributed by atoms with Gasteiger partial charge in [-0.1, -0.05) is 6.08 Å². The maximum Gasteiger partial charge on any atom is 0.112 e. The van der Waals surface area contributed by atoms with Crippen LogP contribution in [0.2, 0.25) is 0 Å². The number of rotatable bonds is 2. The van der Waals surface area contributed by atoms with E-state index >= 15 is 0 Å². The number of imidazole rings is 1. The molecule has 1 aliphatic rings. The molecule has 0 amide bonds. The molecule has 0 bridgehead atoms. The van der Waals surface area contributed by atoms with Gasteiger partial charge in [0.2, 0.25) is 0 Å². The molecule has 1 aliphatic heterocycles. The number of nitrogens with zero attached hydrogens (tertiary/aromatic N) is 2. The van der Waals surface area contributed by atoms with Crippen molar-refractivity contribution in [3.05, 3.63) is 42.1 Å². The first-order valence-electron chi connectivity index (χ1n) is 4.08. The lowest BCUT2D eigenvalue weighted by atomic mass is 10.3. The van der Waals surface area contributed by atoms with E-state index in [2.05, 4.69) is 20.5 Å². The lowest BCUT2D eigenvalue weighted by Crippen LogP contribution is -2.07. The largest absolute Gasteiger partial charge is 0.348 e. The van der Waals surface area contributed by atoms with E-state index in [4.69, 9.17) is 0 Å². The third-order valence-corrected chi connectivity index (χ3v) is 1.69. The van der Waals surface area contributed by atoms with Crippen LogP contribution in [-0.4, -0.2) is 16.2 Å². The Bertz CT molecular complexity index is 346. The molecule has 4 nitrogen and oxygen atoms in total. The van der Waals surface area contributed by atoms with E-state index in [0.717, 1.165) is 17.9 Å². The van der Waals surface area contributed by atoms with Gasteiger partial charge in [-0.15, -0.1) is 0 Å². The summed E-state index contributed by atoms with van der Waals surface area (Å²) < 4.78 is 0. The van der Waals surface area contributed by atoms with Gasteiger partial charge >= 0.3 is 0 Å². The van der Waals surface area contributed by atoms with Crippen LogP contribution in [0.15, 0.2) is 41.4 Å². The van der Waals surface area contributed by atoms with E-state index in [9.17, 15) is 0 Å². The highest BCUT2D eigenvalue weighted by molar-refractivity contribution is 5.71. The summed E-state index contributed by atoms with van der Waals surface area (Å²) in [6.07, 6.45) is 11.8. The molecule has 0 fully saturated rings. The Morgan fingerprint density at radius 1 is 1.31 bits per heavy atom. The van der Waals surface area contributed by atoms with Gasteiger partial charge < -0.3 is 4.98 Å². The summed E-state index contributed by atoms with van der Waals surface area (Å²) in [6, 6.07) is 0. The minimum atomic E-state index is 0.745. The van der Waals surface area contributed by atoms with Gasteiger partial charge in [0.15, 0.2) is 0 Å². The van der Waals surface area contributed by atoms with E-state index in [0.29, 0.717) is 0 Å². The first-order chi connectivity index (χ1) is 6.45. The van der Waals surface area contributed by atoms with Crippen molar-refractivity contribution >= 4 is 6.21 Å². The van der Waals surface area contributed by atoms with Gasteiger partial charge in [-0.2, -0.15) is 5.10 Å². The van der Waals surface area contributed by atoms with Crippen LogP contribution in [-0.2, 0) is 6.42 Å². The minimum Gasteiger partial charge on any atom is -0.348 e. The Balaban J connectivity index is 2.06. The molecule has 0 spiro atoms. The van der Waals surface area contributed by atoms with Crippen molar-refractivity contribution in [1.29, 1.82) is 0 Å². The molecule has 0 atom stereocenters. The summed E-state index contributed by atoms with van der Waals surface area (Å²) in [5.74, 6) is 0.934. The van der Waals surface area contributed by atoms with Gasteiger partial charge in [0.1, 0.15) is 5.82 Å². The number of hydrogen-bond donors (Lipinski definition) is 2. The van der Waals surface area contributed by atoms with Gasteiger partial charge in [-0.25, -0.2) is 4.98 Å². The number of hydrazone groups is 1. The molecule has 2 N–H and O–H groups in total. The smallest absolute Gasteiger partial charge is 0.112 e. The number of aromatic nitrogens is 2. The zero-order valence-electron chi connectivity index (χ0n) is 7.07. The predicted molar refractivity (Wildman–Crippen MR) is 51.1 cm³/mol. The highest BCUT2D eigenvalue weighted by atomic mass is 15.3. The van der Waals surface area contributed by atoms with E-state index in [1.807, 2.05) is 24.4 Å². The van der Waals surface area contributed by atoms with Crippen LogP contribution in [0.5, 0.6) is 0 Å². The first kappa shape index (κ1) is 7.79. The van der Waals surface area contributed by atoms with Crippen LogP contribution >= 0.6 is 0 Å². The second-order valence-corrected chi connectivity index (χ2v) is 2.68. The van der Waals surface area contributed by atoms with Crippen molar-refractivity contribution in [1.82, 2.24) is 15.4 Å². The molecule has 0 saturated heterocycles. The number of hydrogen-bond acceptors (Lipinski definition) is 3. The van der Waals surface area contributed by atoms with Crippen molar-refractivity contribution in [3.63, 3.8) is 0 Å². The van der Waals surface area contributed by atoms with Gasteiger partial charge in [0.25, 0.3) is 0 Å². The zero-order chi connectivity index (χ0) is 8.93. The van der Waals surface area contributed by atoms with E-state index in [-0.39, 0.29) is 0 Å². The zero-order valence-corrected chi connectivity index (χ0v) is 7.07. The molecule has 1 aromatic heterocycles. The maximum absolute atomic E-state index is 4.13. The highest BCUT2D eigenvalue weighted by Gasteiger charge is 1.99. The van der Waals surface area contributed by atoms with E-state index < -0.39 is 0 Å². The quantitative estimate of drug-likeness (QED) is 0.702. The van der Waals surface area contributed by atoms with Crippen molar-refractivity contribution < 1.29 is 0 Å². The molecule has 2 rings (SSSR count). The number of H-pyrrole nitrogens is 1. The minimum absolute atomic E-state index is 0.745. The Hall–Kier alpha value is -1.84.